The van der Waals surface area contributed by atoms with Gasteiger partial charge in [0.05, 0.1) is 51.3 Å². The van der Waals surface area contributed by atoms with Crippen LogP contribution in [0.5, 0.6) is 0 Å². The van der Waals surface area contributed by atoms with Crippen molar-refractivity contribution in [3.63, 3.8) is 0 Å². The van der Waals surface area contributed by atoms with Gasteiger partial charge < -0.3 is 28.3 Å². The Morgan fingerprint density at radius 1 is 0.727 bits per heavy atom. The van der Waals surface area contributed by atoms with Gasteiger partial charge in [-0.2, -0.15) is 0 Å². The van der Waals surface area contributed by atoms with E-state index in [0.29, 0.717) is 33.0 Å². The van der Waals surface area contributed by atoms with Crippen LogP contribution in [0.4, 0.5) is 0 Å². The smallest absolute Gasteiger partial charge is 0.283 e. The Kier molecular flexibility index (Phi) is 17.3. The molecule has 0 aliphatic heterocycles. The zero-order valence-electron chi connectivity index (χ0n) is 13.4. The first-order chi connectivity index (χ1) is 10.0. The molecule has 0 saturated heterocycles. The Morgan fingerprint density at radius 2 is 1.18 bits per heavy atom. The summed E-state index contributed by atoms with van der Waals surface area (Å²) in [6, 6.07) is 0. The predicted octanol–water partition coefficient (Wildman–Crippen LogP) is 1.05. The van der Waals surface area contributed by atoms with Crippen molar-refractivity contribution in [3.8, 4) is 0 Å². The van der Waals surface area contributed by atoms with Crippen molar-refractivity contribution in [1.82, 2.24) is 0 Å². The largest absolute Gasteiger partial charge is 0.443 e. The molecule has 0 aromatic heterocycles. The molecule has 0 aromatic carbocycles. The van der Waals surface area contributed by atoms with Gasteiger partial charge in [0.15, 0.2) is 0 Å². The quantitative estimate of drug-likeness (QED) is 0.447. The molecule has 0 bridgehead atoms. The molecule has 22 heavy (non-hydrogen) atoms. The van der Waals surface area contributed by atoms with Gasteiger partial charge >= 0.3 is 0 Å². The third kappa shape index (κ3) is 13.5. The molecule has 3 unspecified atom stereocenters. The standard InChI is InChI=1S/C13H26B2O6.CH4/c1-10(16-4)7-19-13(8-17-5-11(2)20-14)9-18-6-12(3)21-15;/h10-13H,5-9H2,1-4H3;1H4. The van der Waals surface area contributed by atoms with Crippen LogP contribution >= 0.6 is 0 Å². The van der Waals surface area contributed by atoms with E-state index in [9.17, 15) is 0 Å². The molecule has 128 valence electrons. The van der Waals surface area contributed by atoms with Crippen LogP contribution in [0.3, 0.4) is 0 Å². The summed E-state index contributed by atoms with van der Waals surface area (Å²) < 4.78 is 31.1. The second kappa shape index (κ2) is 15.8. The van der Waals surface area contributed by atoms with Crippen molar-refractivity contribution in [2.24, 2.45) is 0 Å². The molecule has 0 aliphatic rings. The van der Waals surface area contributed by atoms with Gasteiger partial charge in [0.25, 0.3) is 16.1 Å². The van der Waals surface area contributed by atoms with Crippen molar-refractivity contribution in [3.05, 3.63) is 0 Å². The maximum absolute atomic E-state index is 5.71. The highest BCUT2D eigenvalue weighted by Gasteiger charge is 2.13. The summed E-state index contributed by atoms with van der Waals surface area (Å²) in [7, 11) is 11.7. The van der Waals surface area contributed by atoms with E-state index < -0.39 is 0 Å². The Morgan fingerprint density at radius 3 is 1.55 bits per heavy atom. The van der Waals surface area contributed by atoms with Crippen LogP contribution in [0.1, 0.15) is 28.2 Å². The zero-order valence-corrected chi connectivity index (χ0v) is 13.4. The highest BCUT2D eigenvalue weighted by atomic mass is 16.6. The molecule has 0 saturated carbocycles. The molecule has 4 radical (unpaired) electrons. The Labute approximate surface area is 138 Å². The normalized spacial score (nSPS) is 16.5. The van der Waals surface area contributed by atoms with Gasteiger partial charge in [-0.05, 0) is 20.8 Å². The van der Waals surface area contributed by atoms with Crippen molar-refractivity contribution in [2.75, 3.05) is 40.1 Å². The number of hydrogen-bond acceptors (Lipinski definition) is 6. The minimum atomic E-state index is -0.211. The van der Waals surface area contributed by atoms with Gasteiger partial charge in [-0.1, -0.05) is 7.43 Å². The summed E-state index contributed by atoms with van der Waals surface area (Å²) in [6.45, 7) is 7.55. The fourth-order valence-electron chi connectivity index (χ4n) is 1.29. The van der Waals surface area contributed by atoms with Gasteiger partial charge in [-0.15, -0.1) is 0 Å². The minimum Gasteiger partial charge on any atom is -0.443 e. The van der Waals surface area contributed by atoms with Gasteiger partial charge in [-0.25, -0.2) is 0 Å². The topological polar surface area (TPSA) is 55.4 Å². The van der Waals surface area contributed by atoms with Crippen molar-refractivity contribution >= 4 is 16.1 Å². The Bertz CT molecular complexity index is 219. The maximum Gasteiger partial charge on any atom is 0.283 e. The summed E-state index contributed by atoms with van der Waals surface area (Å²) >= 11 is 0. The monoisotopic (exact) mass is 316 g/mol. The van der Waals surface area contributed by atoms with E-state index in [1.807, 2.05) is 20.8 Å². The van der Waals surface area contributed by atoms with Crippen molar-refractivity contribution in [2.45, 2.75) is 52.6 Å². The zero-order chi connectivity index (χ0) is 16.1. The molecule has 0 rings (SSSR count). The molecule has 0 aromatic rings. The van der Waals surface area contributed by atoms with Gasteiger partial charge in [0.1, 0.15) is 6.10 Å². The van der Waals surface area contributed by atoms with E-state index in [4.69, 9.17) is 35.0 Å². The second-order valence-corrected chi connectivity index (χ2v) is 4.97. The Balaban J connectivity index is 0. The number of methoxy groups -OCH3 is 1. The molecule has 6 nitrogen and oxygen atoms in total. The van der Waals surface area contributed by atoms with Crippen LogP contribution < -0.4 is 0 Å². The fraction of sp³-hybridized carbons (Fsp3) is 1.00. The molecule has 8 heteroatoms. The molecule has 0 spiro atoms. The lowest BCUT2D eigenvalue weighted by Gasteiger charge is -2.22. The first kappa shape index (κ1) is 24.1. The van der Waals surface area contributed by atoms with E-state index in [0.717, 1.165) is 0 Å². The summed E-state index contributed by atoms with van der Waals surface area (Å²) in [5.74, 6) is 0. The first-order valence-corrected chi connectivity index (χ1v) is 7.04. The summed E-state index contributed by atoms with van der Waals surface area (Å²) in [5.41, 5.74) is 0. The SMILES string of the molecule is C.[B]OC(C)COCC(COCC(C)O[B])OCC(C)OC. The third-order valence-corrected chi connectivity index (χ3v) is 2.75. The highest BCUT2D eigenvalue weighted by Crippen LogP contribution is 2.01. The lowest BCUT2D eigenvalue weighted by atomic mass is 10.3. The summed E-state index contributed by atoms with van der Waals surface area (Å²) in [6.07, 6.45) is -0.548. The number of hydrogen-bond donors (Lipinski definition) is 0. The van der Waals surface area contributed by atoms with Crippen LogP contribution in [0.25, 0.3) is 0 Å². The average molecular weight is 316 g/mol. The van der Waals surface area contributed by atoms with Gasteiger partial charge in [0, 0.05) is 7.11 Å². The maximum atomic E-state index is 5.71. The molecule has 0 amide bonds. The average Bonchev–Trinajstić information content (AvgIpc) is 2.50. The summed E-state index contributed by atoms with van der Waals surface area (Å²) in [4.78, 5) is 0. The van der Waals surface area contributed by atoms with E-state index in [2.05, 4.69) is 9.31 Å². The number of rotatable bonds is 14. The lowest BCUT2D eigenvalue weighted by molar-refractivity contribution is -0.0943. The molecule has 0 N–H and O–H groups in total. The minimum absolute atomic E-state index is 0. The molecule has 0 fully saturated rings. The van der Waals surface area contributed by atoms with Crippen molar-refractivity contribution in [1.29, 1.82) is 0 Å². The Hall–Kier alpha value is -0.110. The van der Waals surface area contributed by atoms with Crippen LogP contribution in [0.15, 0.2) is 0 Å². The molecule has 0 heterocycles. The number of ether oxygens (including phenoxy) is 4. The van der Waals surface area contributed by atoms with Crippen LogP contribution in [-0.4, -0.2) is 80.7 Å². The van der Waals surface area contributed by atoms with Crippen LogP contribution in [0.2, 0.25) is 0 Å². The second-order valence-electron chi connectivity index (χ2n) is 4.97. The summed E-state index contributed by atoms with van der Waals surface area (Å²) in [5, 5.41) is 0. The van der Waals surface area contributed by atoms with Gasteiger partial charge in [-0.3, -0.25) is 0 Å². The van der Waals surface area contributed by atoms with E-state index in [-0.39, 0.29) is 31.8 Å². The molecular weight excluding hydrogens is 286 g/mol. The third-order valence-electron chi connectivity index (χ3n) is 2.75. The van der Waals surface area contributed by atoms with Gasteiger partial charge in [0.2, 0.25) is 0 Å². The highest BCUT2D eigenvalue weighted by molar-refractivity contribution is 5.98. The van der Waals surface area contributed by atoms with E-state index in [1.165, 1.54) is 0 Å². The van der Waals surface area contributed by atoms with Crippen molar-refractivity contribution < 1.29 is 28.3 Å². The first-order valence-electron chi connectivity index (χ1n) is 7.04. The lowest BCUT2D eigenvalue weighted by Crippen LogP contribution is -2.31. The predicted molar refractivity (Wildman–Crippen MR) is 87.2 cm³/mol. The van der Waals surface area contributed by atoms with Crippen LogP contribution in [0, 0.1) is 0 Å². The van der Waals surface area contributed by atoms with E-state index in [1.54, 1.807) is 7.11 Å². The molecular formula is C14H30B2O6. The van der Waals surface area contributed by atoms with Crippen LogP contribution in [-0.2, 0) is 28.3 Å². The van der Waals surface area contributed by atoms with E-state index >= 15 is 0 Å². The molecule has 3 atom stereocenters. The fourth-order valence-corrected chi connectivity index (χ4v) is 1.29. The molecule has 0 aliphatic carbocycles.